The number of hydrogen-bond donors (Lipinski definition) is 0. The second-order valence-corrected chi connectivity index (χ2v) is 7.64. The highest BCUT2D eigenvalue weighted by molar-refractivity contribution is 5.78. The van der Waals surface area contributed by atoms with Gasteiger partial charge >= 0.3 is 0 Å². The van der Waals surface area contributed by atoms with E-state index in [-0.39, 0.29) is 11.8 Å². The van der Waals surface area contributed by atoms with Crippen molar-refractivity contribution >= 4 is 11.8 Å². The zero-order valence-electron chi connectivity index (χ0n) is 16.6. The Hall–Kier alpha value is -2.69. The van der Waals surface area contributed by atoms with Gasteiger partial charge in [0.05, 0.1) is 6.42 Å². The summed E-state index contributed by atoms with van der Waals surface area (Å²) >= 11 is 0. The Balaban J connectivity index is 1.37. The number of hydrogen-bond acceptors (Lipinski definition) is 3. The third-order valence-corrected chi connectivity index (χ3v) is 5.50. The smallest absolute Gasteiger partial charge is 0.227 e. The molecule has 1 aliphatic rings. The van der Waals surface area contributed by atoms with Crippen LogP contribution >= 0.6 is 0 Å². The molecule has 1 aromatic carbocycles. The average molecular weight is 380 g/mol. The molecule has 2 amide bonds. The summed E-state index contributed by atoms with van der Waals surface area (Å²) in [7, 11) is 1.87. The first kappa shape index (κ1) is 20.1. The fourth-order valence-electron chi connectivity index (χ4n) is 3.72. The maximum atomic E-state index is 12.4. The molecule has 3 rings (SSSR count). The van der Waals surface area contributed by atoms with Crippen LogP contribution in [0.5, 0.6) is 0 Å². The largest absolute Gasteiger partial charge is 0.342 e. The molecule has 0 N–H and O–H groups in total. The van der Waals surface area contributed by atoms with Crippen molar-refractivity contribution in [1.29, 1.82) is 0 Å². The lowest BCUT2D eigenvalue weighted by atomic mass is 9.91. The molecule has 2 aromatic rings. The fraction of sp³-hybridized carbons (Fsp3) is 0.435. The third kappa shape index (κ3) is 5.91. The van der Waals surface area contributed by atoms with Gasteiger partial charge in [0.25, 0.3) is 0 Å². The quantitative estimate of drug-likeness (QED) is 0.742. The van der Waals surface area contributed by atoms with Gasteiger partial charge in [-0.15, -0.1) is 0 Å². The van der Waals surface area contributed by atoms with Crippen molar-refractivity contribution in [3.63, 3.8) is 0 Å². The van der Waals surface area contributed by atoms with Crippen LogP contribution in [0, 0.1) is 5.92 Å². The first-order valence-corrected chi connectivity index (χ1v) is 10.1. The molecule has 28 heavy (non-hydrogen) atoms. The van der Waals surface area contributed by atoms with Gasteiger partial charge in [0, 0.05) is 45.5 Å². The van der Waals surface area contributed by atoms with Gasteiger partial charge in [-0.1, -0.05) is 36.4 Å². The van der Waals surface area contributed by atoms with Crippen molar-refractivity contribution in [3.8, 4) is 0 Å². The van der Waals surface area contributed by atoms with Gasteiger partial charge < -0.3 is 9.80 Å². The molecule has 1 aromatic heterocycles. The summed E-state index contributed by atoms with van der Waals surface area (Å²) in [6.07, 6.45) is 7.34. The highest BCUT2D eigenvalue weighted by Gasteiger charge is 2.23. The van der Waals surface area contributed by atoms with Crippen LogP contribution in [0.15, 0.2) is 54.9 Å². The van der Waals surface area contributed by atoms with Gasteiger partial charge in [-0.2, -0.15) is 0 Å². The van der Waals surface area contributed by atoms with Gasteiger partial charge in [-0.25, -0.2) is 0 Å². The van der Waals surface area contributed by atoms with Crippen LogP contribution in [-0.4, -0.2) is 46.7 Å². The molecule has 0 aliphatic carbocycles. The van der Waals surface area contributed by atoms with Crippen LogP contribution < -0.4 is 0 Å². The lowest BCUT2D eigenvalue weighted by Gasteiger charge is -2.32. The number of carbonyl (C=O) groups excluding carboxylic acids is 2. The molecule has 0 unspecified atom stereocenters. The van der Waals surface area contributed by atoms with Crippen molar-refractivity contribution in [1.82, 2.24) is 14.8 Å². The van der Waals surface area contributed by atoms with Gasteiger partial charge in [0.1, 0.15) is 0 Å². The monoisotopic (exact) mass is 379 g/mol. The topological polar surface area (TPSA) is 53.5 Å². The van der Waals surface area contributed by atoms with E-state index in [1.54, 1.807) is 12.4 Å². The van der Waals surface area contributed by atoms with E-state index in [4.69, 9.17) is 0 Å². The van der Waals surface area contributed by atoms with Crippen molar-refractivity contribution < 1.29 is 9.59 Å². The molecule has 1 aliphatic heterocycles. The Morgan fingerprint density at radius 3 is 2.46 bits per heavy atom. The maximum absolute atomic E-state index is 12.4. The highest BCUT2D eigenvalue weighted by atomic mass is 16.2. The third-order valence-electron chi connectivity index (χ3n) is 5.50. The average Bonchev–Trinajstić information content (AvgIpc) is 2.73. The van der Waals surface area contributed by atoms with Crippen LogP contribution in [0.1, 0.15) is 36.8 Å². The number of likely N-dealkylation sites (tertiary alicyclic amines) is 1. The molecule has 0 spiro atoms. The Morgan fingerprint density at radius 2 is 1.79 bits per heavy atom. The molecular formula is C23H29N3O2. The summed E-state index contributed by atoms with van der Waals surface area (Å²) in [5.41, 5.74) is 2.11. The molecule has 1 fully saturated rings. The van der Waals surface area contributed by atoms with Crippen LogP contribution in [0.3, 0.4) is 0 Å². The number of amides is 2. The molecular weight excluding hydrogens is 350 g/mol. The fourth-order valence-corrected chi connectivity index (χ4v) is 3.72. The van der Waals surface area contributed by atoms with Crippen LogP contribution in [0.4, 0.5) is 0 Å². The van der Waals surface area contributed by atoms with Gasteiger partial charge in [0.15, 0.2) is 0 Å². The van der Waals surface area contributed by atoms with Crippen molar-refractivity contribution in [2.24, 2.45) is 5.92 Å². The predicted octanol–water partition coefficient (Wildman–Crippen LogP) is 3.30. The summed E-state index contributed by atoms with van der Waals surface area (Å²) in [6.45, 7) is 2.23. The minimum absolute atomic E-state index is 0.171. The number of pyridine rings is 1. The zero-order chi connectivity index (χ0) is 19.8. The SMILES string of the molecule is CN(Cc1ccccc1)C(=O)CCC1CCN(C(=O)Cc2cccnc2)CC1. The van der Waals surface area contributed by atoms with Gasteiger partial charge in [-0.05, 0) is 42.4 Å². The van der Waals surface area contributed by atoms with Crippen molar-refractivity contribution in [2.75, 3.05) is 20.1 Å². The Morgan fingerprint density at radius 1 is 1.07 bits per heavy atom. The minimum Gasteiger partial charge on any atom is -0.342 e. The lowest BCUT2D eigenvalue weighted by molar-refractivity contribution is -0.133. The zero-order valence-corrected chi connectivity index (χ0v) is 16.6. The number of piperidine rings is 1. The lowest BCUT2D eigenvalue weighted by Crippen LogP contribution is -2.39. The number of benzene rings is 1. The van der Waals surface area contributed by atoms with E-state index in [1.807, 2.05) is 59.3 Å². The van der Waals surface area contributed by atoms with E-state index in [1.165, 1.54) is 0 Å². The Kier molecular flexibility index (Phi) is 7.18. The standard InChI is InChI=1S/C23H29N3O2/c1-25(18-20-6-3-2-4-7-20)22(27)10-9-19-11-14-26(15-12-19)23(28)16-21-8-5-13-24-17-21/h2-8,13,17,19H,9-12,14-16,18H2,1H3. The first-order chi connectivity index (χ1) is 13.6. The molecule has 5 nitrogen and oxygen atoms in total. The second kappa shape index (κ2) is 10.0. The van der Waals surface area contributed by atoms with E-state index >= 15 is 0 Å². The Bertz CT molecular complexity index is 756. The van der Waals surface area contributed by atoms with E-state index in [9.17, 15) is 9.59 Å². The molecule has 0 radical (unpaired) electrons. The Labute approximate surface area is 167 Å². The predicted molar refractivity (Wildman–Crippen MR) is 109 cm³/mol. The van der Waals surface area contributed by atoms with E-state index < -0.39 is 0 Å². The maximum Gasteiger partial charge on any atom is 0.227 e. The number of nitrogens with zero attached hydrogens (tertiary/aromatic N) is 3. The summed E-state index contributed by atoms with van der Waals surface area (Å²) in [5, 5.41) is 0. The summed E-state index contributed by atoms with van der Waals surface area (Å²) in [4.78, 5) is 32.7. The van der Waals surface area contributed by atoms with E-state index in [0.29, 0.717) is 25.3 Å². The molecule has 1 saturated heterocycles. The minimum atomic E-state index is 0.171. The molecule has 0 atom stereocenters. The van der Waals surface area contributed by atoms with Gasteiger partial charge in [-0.3, -0.25) is 14.6 Å². The number of rotatable bonds is 7. The molecule has 0 bridgehead atoms. The summed E-state index contributed by atoms with van der Waals surface area (Å²) < 4.78 is 0. The molecule has 148 valence electrons. The van der Waals surface area contributed by atoms with Crippen LogP contribution in [0.2, 0.25) is 0 Å². The van der Waals surface area contributed by atoms with Crippen LogP contribution in [-0.2, 0) is 22.6 Å². The van der Waals surface area contributed by atoms with E-state index in [0.717, 1.165) is 43.5 Å². The highest BCUT2D eigenvalue weighted by Crippen LogP contribution is 2.23. The molecule has 0 saturated carbocycles. The number of carbonyl (C=O) groups is 2. The first-order valence-electron chi connectivity index (χ1n) is 10.1. The summed E-state index contributed by atoms with van der Waals surface area (Å²) in [6, 6.07) is 13.9. The van der Waals surface area contributed by atoms with Gasteiger partial charge in [0.2, 0.25) is 11.8 Å². The molecule has 2 heterocycles. The summed E-state index contributed by atoms with van der Waals surface area (Å²) in [5.74, 6) is 0.889. The normalized spacial score (nSPS) is 14.7. The van der Waals surface area contributed by atoms with Crippen molar-refractivity contribution in [3.05, 3.63) is 66.0 Å². The van der Waals surface area contributed by atoms with Crippen molar-refractivity contribution in [2.45, 2.75) is 38.6 Å². The second-order valence-electron chi connectivity index (χ2n) is 7.64. The molecule has 5 heteroatoms. The number of aromatic nitrogens is 1. The van der Waals surface area contributed by atoms with E-state index in [2.05, 4.69) is 4.98 Å². The van der Waals surface area contributed by atoms with Crippen LogP contribution in [0.25, 0.3) is 0 Å².